The maximum Gasteiger partial charge on any atom is 0.239 e. The fourth-order valence-corrected chi connectivity index (χ4v) is 5.88. The lowest BCUT2D eigenvalue weighted by Crippen LogP contribution is -2.65. The lowest BCUT2D eigenvalue weighted by atomic mass is 9.90. The van der Waals surface area contributed by atoms with E-state index in [1.807, 2.05) is 0 Å². The first kappa shape index (κ1) is 37.1. The first-order valence-electron chi connectivity index (χ1n) is 15.7. The largest absolute Gasteiger partial charge is 0.508 e. The highest BCUT2D eigenvalue weighted by molar-refractivity contribution is 5.88. The second-order valence-electron chi connectivity index (χ2n) is 12.7. The molecule has 0 saturated carbocycles. The lowest BCUT2D eigenvalue weighted by Gasteiger charge is -2.45. The Kier molecular flexibility index (Phi) is 10.5. The van der Waals surface area contributed by atoms with E-state index in [1.54, 1.807) is 0 Å². The van der Waals surface area contributed by atoms with E-state index in [4.69, 9.17) is 32.8 Å². The van der Waals surface area contributed by atoms with Crippen LogP contribution >= 0.6 is 0 Å². The van der Waals surface area contributed by atoms with Crippen LogP contribution in [0.1, 0.15) is 6.92 Å². The van der Waals surface area contributed by atoms with Crippen LogP contribution in [0, 0.1) is 0 Å². The van der Waals surface area contributed by atoms with Crippen LogP contribution in [0.5, 0.6) is 23.0 Å². The van der Waals surface area contributed by atoms with Gasteiger partial charge in [-0.2, -0.15) is 0 Å². The number of fused-ring (bicyclic) bond motifs is 1. The summed E-state index contributed by atoms with van der Waals surface area (Å²) in [7, 11) is 0. The second kappa shape index (κ2) is 14.4. The molecule has 51 heavy (non-hydrogen) atoms. The van der Waals surface area contributed by atoms with Gasteiger partial charge in [0.1, 0.15) is 82.7 Å². The zero-order chi connectivity index (χ0) is 36.9. The highest BCUT2D eigenvalue weighted by Gasteiger charge is 2.52. The summed E-state index contributed by atoms with van der Waals surface area (Å²) >= 11 is 0. The third-order valence-corrected chi connectivity index (χ3v) is 9.05. The first-order chi connectivity index (χ1) is 24.1. The van der Waals surface area contributed by atoms with Crippen molar-refractivity contribution in [1.29, 1.82) is 0 Å². The topological polar surface area (TPSA) is 308 Å². The average Bonchev–Trinajstić information content (AvgIpc) is 3.08. The van der Waals surface area contributed by atoms with Crippen LogP contribution in [0.2, 0.25) is 0 Å². The van der Waals surface area contributed by atoms with E-state index in [2.05, 4.69) is 0 Å². The van der Waals surface area contributed by atoms with E-state index >= 15 is 0 Å². The predicted molar refractivity (Wildman–Crippen MR) is 165 cm³/mol. The molecule has 1 aromatic heterocycles. The highest BCUT2D eigenvalue weighted by Crippen LogP contribution is 2.38. The predicted octanol–water partition coefficient (Wildman–Crippen LogP) is -2.93. The number of phenolic OH excluding ortho intramolecular Hbond substituents is 3. The minimum absolute atomic E-state index is 0.138. The van der Waals surface area contributed by atoms with Crippen molar-refractivity contribution in [3.63, 3.8) is 0 Å². The molecule has 11 N–H and O–H groups in total. The smallest absolute Gasteiger partial charge is 0.239 e. The lowest BCUT2D eigenvalue weighted by molar-refractivity contribution is -0.352. The molecule has 3 aliphatic heterocycles. The average molecular weight is 727 g/mol. The molecule has 3 aliphatic rings. The number of hydrogen-bond acceptors (Lipinski definition) is 19. The molecule has 0 spiro atoms. The number of aliphatic hydroxyl groups is 8. The van der Waals surface area contributed by atoms with Crippen molar-refractivity contribution in [2.24, 2.45) is 0 Å². The summed E-state index contributed by atoms with van der Waals surface area (Å²) in [6.07, 6.45) is -20.9. The van der Waals surface area contributed by atoms with Crippen LogP contribution < -0.4 is 10.2 Å². The van der Waals surface area contributed by atoms with Gasteiger partial charge >= 0.3 is 0 Å². The molecule has 0 amide bonds. The highest BCUT2D eigenvalue weighted by atomic mass is 16.8. The maximum atomic E-state index is 14.0. The number of phenols is 3. The minimum atomic E-state index is -2.05. The Morgan fingerprint density at radius 3 is 2.22 bits per heavy atom. The summed E-state index contributed by atoms with van der Waals surface area (Å²) in [5.74, 6) is -2.27. The van der Waals surface area contributed by atoms with Gasteiger partial charge in [-0.25, -0.2) is 0 Å². The van der Waals surface area contributed by atoms with Crippen LogP contribution in [0.4, 0.5) is 0 Å². The van der Waals surface area contributed by atoms with Crippen molar-refractivity contribution < 1.29 is 89.0 Å². The number of aliphatic hydroxyl groups excluding tert-OH is 7. The molecule has 13 atom stereocenters. The van der Waals surface area contributed by atoms with Crippen molar-refractivity contribution in [3.05, 3.63) is 46.6 Å². The van der Waals surface area contributed by atoms with Crippen LogP contribution in [0.3, 0.4) is 0 Å². The molecule has 2 aromatic carbocycles. The summed E-state index contributed by atoms with van der Waals surface area (Å²) in [5, 5.41) is 114. The van der Waals surface area contributed by atoms with E-state index in [-0.39, 0.29) is 22.7 Å². The van der Waals surface area contributed by atoms with Gasteiger partial charge in [-0.1, -0.05) is 0 Å². The van der Waals surface area contributed by atoms with Crippen LogP contribution in [-0.2, 0) is 23.7 Å². The molecule has 0 bridgehead atoms. The Hall–Kier alpha value is -3.67. The summed E-state index contributed by atoms with van der Waals surface area (Å²) < 4.78 is 39.7. The quantitative estimate of drug-likeness (QED) is 0.111. The Labute approximate surface area is 287 Å². The van der Waals surface area contributed by atoms with Crippen LogP contribution in [0.25, 0.3) is 22.3 Å². The van der Waals surface area contributed by atoms with Gasteiger partial charge in [0.05, 0.1) is 19.8 Å². The second-order valence-corrected chi connectivity index (χ2v) is 12.7. The molecule has 19 heteroatoms. The Morgan fingerprint density at radius 1 is 0.824 bits per heavy atom. The van der Waals surface area contributed by atoms with E-state index in [9.17, 15) is 61.0 Å². The Bertz CT molecular complexity index is 1750. The summed E-state index contributed by atoms with van der Waals surface area (Å²) in [6, 6.07) is 7.15. The monoisotopic (exact) mass is 726 g/mol. The van der Waals surface area contributed by atoms with Gasteiger partial charge in [0.25, 0.3) is 0 Å². The molecule has 4 heterocycles. The number of aromatic hydroxyl groups is 3. The number of hydrogen-bond donors (Lipinski definition) is 11. The zero-order valence-electron chi connectivity index (χ0n) is 26.7. The minimum Gasteiger partial charge on any atom is -0.508 e. The molecule has 4 unspecified atom stereocenters. The van der Waals surface area contributed by atoms with Crippen molar-refractivity contribution in [2.45, 2.75) is 86.3 Å². The maximum absolute atomic E-state index is 14.0. The van der Waals surface area contributed by atoms with Crippen molar-refractivity contribution in [1.82, 2.24) is 0 Å². The molecular formula is C32H38O19. The molecule has 280 valence electrons. The Balaban J connectivity index is 1.38. The van der Waals surface area contributed by atoms with Crippen LogP contribution in [-0.4, -0.2) is 155 Å². The summed E-state index contributed by atoms with van der Waals surface area (Å²) in [4.78, 5) is 14.0. The van der Waals surface area contributed by atoms with Crippen molar-refractivity contribution in [3.8, 4) is 34.3 Å². The van der Waals surface area contributed by atoms with Gasteiger partial charge < -0.3 is 89.0 Å². The SMILES string of the molecule is C[C@@]1(O)C(O)[C@H](OCC2O[C@@H](Oc3c(-c4ccc(O)cc4)oc4cc(O)cc(O)c4c3=O)C(O[C@@H]3OC[C@@H](O)[C@@H](O)C3O)[C@H](O)[C@H]2O)OC[C@@H]1O. The van der Waals surface area contributed by atoms with Gasteiger partial charge in [0.15, 0.2) is 24.4 Å². The van der Waals surface area contributed by atoms with Crippen molar-refractivity contribution >= 4 is 11.0 Å². The fourth-order valence-electron chi connectivity index (χ4n) is 5.88. The molecule has 0 aliphatic carbocycles. The van der Waals surface area contributed by atoms with E-state index < -0.39 is 127 Å². The van der Waals surface area contributed by atoms with Crippen LogP contribution in [0.15, 0.2) is 45.6 Å². The van der Waals surface area contributed by atoms with E-state index in [1.165, 1.54) is 24.3 Å². The molecule has 19 nitrogen and oxygen atoms in total. The zero-order valence-corrected chi connectivity index (χ0v) is 26.7. The van der Waals surface area contributed by atoms with Gasteiger partial charge in [-0.15, -0.1) is 0 Å². The van der Waals surface area contributed by atoms with Gasteiger partial charge in [-0.3, -0.25) is 4.79 Å². The summed E-state index contributed by atoms with van der Waals surface area (Å²) in [6.45, 7) is -0.450. The molecule has 3 saturated heterocycles. The third-order valence-electron chi connectivity index (χ3n) is 9.05. The fraction of sp³-hybridized carbons (Fsp3) is 0.531. The summed E-state index contributed by atoms with van der Waals surface area (Å²) in [5.41, 5.74) is -3.20. The molecule has 3 aromatic rings. The molecule has 3 fully saturated rings. The standard InChI is InChI=1S/C32H38O19/c1-32(44)18(37)10-47-31(28(32)43)46-9-17-21(39)23(41)27(51-29-24(42)20(38)15(36)8-45-29)30(49-17)50-26-22(40)19-14(35)6-13(34)7-16(19)48-25(26)11-2-4-12(33)5-3-11/h2-7,15,17-18,20-21,23-24,27-31,33-39,41-44H,8-10H2,1H3/t15-,17?,18+,20-,21+,23-,24?,27?,28?,29+,30+,31-,32+/m1/s1. The number of rotatable bonds is 8. The van der Waals surface area contributed by atoms with Gasteiger partial charge in [0, 0.05) is 17.7 Å². The normalized spacial score (nSPS) is 37.4. The molecule has 0 radical (unpaired) electrons. The van der Waals surface area contributed by atoms with Crippen molar-refractivity contribution in [2.75, 3.05) is 19.8 Å². The number of ether oxygens (including phenoxy) is 6. The number of benzene rings is 2. The van der Waals surface area contributed by atoms with Gasteiger partial charge in [0.2, 0.25) is 17.5 Å². The van der Waals surface area contributed by atoms with Gasteiger partial charge in [-0.05, 0) is 31.2 Å². The molecule has 6 rings (SSSR count). The Morgan fingerprint density at radius 2 is 1.51 bits per heavy atom. The first-order valence-corrected chi connectivity index (χ1v) is 15.7. The molecular weight excluding hydrogens is 688 g/mol. The van der Waals surface area contributed by atoms with E-state index in [0.717, 1.165) is 19.1 Å². The van der Waals surface area contributed by atoms with E-state index in [0.29, 0.717) is 0 Å². The third kappa shape index (κ3) is 7.09.